The van der Waals surface area contributed by atoms with E-state index in [4.69, 9.17) is 0 Å². The number of rotatable bonds is 5. The van der Waals surface area contributed by atoms with Gasteiger partial charge < -0.3 is 5.32 Å². The van der Waals surface area contributed by atoms with Crippen molar-refractivity contribution < 1.29 is 22.8 Å². The van der Waals surface area contributed by atoms with Gasteiger partial charge in [-0.15, -0.1) is 0 Å². The van der Waals surface area contributed by atoms with E-state index in [1.165, 1.54) is 36.2 Å². The lowest BCUT2D eigenvalue weighted by molar-refractivity contribution is -0.129. The predicted molar refractivity (Wildman–Crippen MR) is 100 cm³/mol. The molecule has 5 nitrogen and oxygen atoms in total. The molecule has 2 aromatic rings. The van der Waals surface area contributed by atoms with Gasteiger partial charge in [-0.05, 0) is 29.8 Å². The summed E-state index contributed by atoms with van der Waals surface area (Å²) in [6.45, 7) is -0.0828. The lowest BCUT2D eigenvalue weighted by Gasteiger charge is -2.17. The van der Waals surface area contributed by atoms with Crippen LogP contribution in [-0.2, 0) is 16.1 Å². The molecule has 1 fully saturated rings. The molecule has 1 aliphatic rings. The zero-order valence-electron chi connectivity index (χ0n) is 14.8. The second kappa shape index (κ2) is 8.47. The molecule has 146 valence electrons. The van der Waals surface area contributed by atoms with Crippen molar-refractivity contribution in [3.63, 3.8) is 0 Å². The summed E-state index contributed by atoms with van der Waals surface area (Å²) in [5, 5.41) is 1.90. The van der Waals surface area contributed by atoms with Crippen molar-refractivity contribution in [2.24, 2.45) is 4.99 Å². The van der Waals surface area contributed by atoms with E-state index in [1.807, 2.05) is 0 Å². The van der Waals surface area contributed by atoms with E-state index in [9.17, 15) is 22.8 Å². The molecule has 0 spiro atoms. The SMILES string of the molecule is CNC(=O)CC1SC(=Nc2ccccc2F)N(Cc2ccc(F)c(F)c2)C1=O. The maximum Gasteiger partial charge on any atom is 0.242 e. The van der Waals surface area contributed by atoms with Crippen LogP contribution in [0.15, 0.2) is 47.5 Å². The van der Waals surface area contributed by atoms with E-state index in [0.717, 1.165) is 23.9 Å². The van der Waals surface area contributed by atoms with Gasteiger partial charge in [-0.3, -0.25) is 14.5 Å². The fourth-order valence-corrected chi connectivity index (χ4v) is 3.76. The van der Waals surface area contributed by atoms with E-state index >= 15 is 0 Å². The number of thioether (sulfide) groups is 1. The van der Waals surface area contributed by atoms with Crippen molar-refractivity contribution >= 4 is 34.4 Å². The Hall–Kier alpha value is -2.81. The smallest absolute Gasteiger partial charge is 0.242 e. The van der Waals surface area contributed by atoms with Gasteiger partial charge in [-0.2, -0.15) is 0 Å². The minimum Gasteiger partial charge on any atom is -0.359 e. The summed E-state index contributed by atoms with van der Waals surface area (Å²) in [6.07, 6.45) is -0.0788. The number of amidine groups is 1. The highest BCUT2D eigenvalue weighted by molar-refractivity contribution is 8.15. The maximum absolute atomic E-state index is 14.0. The molecule has 1 unspecified atom stereocenters. The first-order valence-corrected chi connectivity index (χ1v) is 9.22. The third-order valence-corrected chi connectivity index (χ3v) is 5.24. The van der Waals surface area contributed by atoms with Crippen LogP contribution < -0.4 is 5.32 Å². The third kappa shape index (κ3) is 4.36. The monoisotopic (exact) mass is 407 g/mol. The standard InChI is InChI=1S/C19H16F3N3O2S/c1-23-17(26)9-16-18(27)25(10-11-6-7-12(20)14(22)8-11)19(28-16)24-15-5-3-2-4-13(15)21/h2-8,16H,9-10H2,1H3,(H,23,26). The fourth-order valence-electron chi connectivity index (χ4n) is 2.61. The molecule has 1 heterocycles. The molecule has 0 radical (unpaired) electrons. The largest absolute Gasteiger partial charge is 0.359 e. The van der Waals surface area contributed by atoms with Crippen molar-refractivity contribution in [1.29, 1.82) is 0 Å². The van der Waals surface area contributed by atoms with Gasteiger partial charge in [-0.25, -0.2) is 18.2 Å². The fraction of sp³-hybridized carbons (Fsp3) is 0.211. The number of nitrogens with one attached hydrogen (secondary N) is 1. The highest BCUT2D eigenvalue weighted by atomic mass is 32.2. The number of amides is 2. The average molecular weight is 407 g/mol. The van der Waals surface area contributed by atoms with Crippen LogP contribution in [-0.4, -0.2) is 34.2 Å². The molecule has 1 N–H and O–H groups in total. The summed E-state index contributed by atoms with van der Waals surface area (Å²) in [6, 6.07) is 9.11. The molecule has 2 amide bonds. The molecule has 1 saturated heterocycles. The van der Waals surface area contributed by atoms with Crippen LogP contribution in [0.1, 0.15) is 12.0 Å². The molecule has 1 aliphatic heterocycles. The van der Waals surface area contributed by atoms with Crippen LogP contribution in [0.2, 0.25) is 0 Å². The Kier molecular flexibility index (Phi) is 6.03. The van der Waals surface area contributed by atoms with Gasteiger partial charge in [0.15, 0.2) is 16.8 Å². The molecule has 2 aromatic carbocycles. The van der Waals surface area contributed by atoms with Gasteiger partial charge in [-0.1, -0.05) is 30.0 Å². The first-order valence-electron chi connectivity index (χ1n) is 8.35. The Morgan fingerprint density at radius 2 is 1.89 bits per heavy atom. The van der Waals surface area contributed by atoms with Crippen molar-refractivity contribution in [2.45, 2.75) is 18.2 Å². The van der Waals surface area contributed by atoms with Crippen LogP contribution in [0.25, 0.3) is 0 Å². The number of para-hydroxylation sites is 1. The van der Waals surface area contributed by atoms with Gasteiger partial charge in [0, 0.05) is 13.5 Å². The second-order valence-electron chi connectivity index (χ2n) is 6.00. The van der Waals surface area contributed by atoms with Gasteiger partial charge in [0.25, 0.3) is 0 Å². The van der Waals surface area contributed by atoms with Gasteiger partial charge in [0.2, 0.25) is 11.8 Å². The molecular weight excluding hydrogens is 391 g/mol. The summed E-state index contributed by atoms with van der Waals surface area (Å²) < 4.78 is 40.7. The number of halogens is 3. The first-order chi connectivity index (χ1) is 13.4. The first kappa shape index (κ1) is 19.9. The zero-order chi connectivity index (χ0) is 20.3. The molecule has 1 atom stereocenters. The number of carbonyl (C=O) groups is 2. The Morgan fingerprint density at radius 1 is 1.14 bits per heavy atom. The van der Waals surface area contributed by atoms with Crippen molar-refractivity contribution in [1.82, 2.24) is 10.2 Å². The van der Waals surface area contributed by atoms with E-state index in [-0.39, 0.29) is 29.7 Å². The predicted octanol–water partition coefficient (Wildman–Crippen LogP) is 3.37. The molecule has 0 saturated carbocycles. The van der Waals surface area contributed by atoms with E-state index < -0.39 is 28.6 Å². The molecule has 3 rings (SSSR count). The summed E-state index contributed by atoms with van der Waals surface area (Å²) >= 11 is 1.03. The van der Waals surface area contributed by atoms with Crippen LogP contribution in [0.3, 0.4) is 0 Å². The zero-order valence-corrected chi connectivity index (χ0v) is 15.6. The van der Waals surface area contributed by atoms with Crippen molar-refractivity contribution in [2.75, 3.05) is 7.05 Å². The lowest BCUT2D eigenvalue weighted by atomic mass is 10.2. The van der Waals surface area contributed by atoms with Crippen LogP contribution >= 0.6 is 11.8 Å². The summed E-state index contributed by atoms with van der Waals surface area (Å²) in [5.41, 5.74) is 0.378. The number of carbonyl (C=O) groups excluding carboxylic acids is 2. The Balaban J connectivity index is 1.93. The Morgan fingerprint density at radius 3 is 2.57 bits per heavy atom. The second-order valence-corrected chi connectivity index (χ2v) is 7.17. The molecule has 0 bridgehead atoms. The number of aliphatic imine (C=N–C) groups is 1. The summed E-state index contributed by atoms with van der Waals surface area (Å²) in [5.74, 6) is -3.33. The van der Waals surface area contributed by atoms with Crippen molar-refractivity contribution in [3.8, 4) is 0 Å². The summed E-state index contributed by atoms with van der Waals surface area (Å²) in [7, 11) is 1.46. The molecule has 0 aliphatic carbocycles. The van der Waals surface area contributed by atoms with Crippen LogP contribution in [0, 0.1) is 17.5 Å². The van der Waals surface area contributed by atoms with Crippen LogP contribution in [0.4, 0.5) is 18.9 Å². The number of nitrogens with zero attached hydrogens (tertiary/aromatic N) is 2. The molecule has 9 heteroatoms. The topological polar surface area (TPSA) is 61.8 Å². The highest BCUT2D eigenvalue weighted by Crippen LogP contribution is 2.33. The minimum absolute atomic E-state index is 0.0358. The van der Waals surface area contributed by atoms with Gasteiger partial charge in [0.05, 0.1) is 6.54 Å². The Bertz CT molecular complexity index is 952. The summed E-state index contributed by atoms with van der Waals surface area (Å²) in [4.78, 5) is 29.9. The molecule has 0 aromatic heterocycles. The highest BCUT2D eigenvalue weighted by Gasteiger charge is 2.39. The average Bonchev–Trinajstić information content (AvgIpc) is 2.95. The maximum atomic E-state index is 14.0. The van der Waals surface area contributed by atoms with E-state index in [2.05, 4.69) is 10.3 Å². The third-order valence-electron chi connectivity index (χ3n) is 4.06. The lowest BCUT2D eigenvalue weighted by Crippen LogP contribution is -2.33. The molecule has 28 heavy (non-hydrogen) atoms. The van der Waals surface area contributed by atoms with Gasteiger partial charge >= 0.3 is 0 Å². The van der Waals surface area contributed by atoms with Crippen LogP contribution in [0.5, 0.6) is 0 Å². The molecular formula is C19H16F3N3O2S. The minimum atomic E-state index is -1.04. The number of hydrogen-bond acceptors (Lipinski definition) is 4. The Labute approximate surface area is 163 Å². The van der Waals surface area contributed by atoms with Crippen molar-refractivity contribution in [3.05, 3.63) is 65.5 Å². The van der Waals surface area contributed by atoms with E-state index in [1.54, 1.807) is 6.07 Å². The number of benzene rings is 2. The quantitative estimate of drug-likeness (QED) is 0.827. The normalized spacial score (nSPS) is 18.0. The van der Waals surface area contributed by atoms with Gasteiger partial charge in [0.1, 0.15) is 16.8 Å². The van der Waals surface area contributed by atoms with E-state index in [0.29, 0.717) is 5.56 Å². The number of hydrogen-bond donors (Lipinski definition) is 1.